The Morgan fingerprint density at radius 1 is 1.50 bits per heavy atom. The van der Waals surface area contributed by atoms with Gasteiger partial charge in [-0.05, 0) is 18.1 Å². The van der Waals surface area contributed by atoms with E-state index in [1.807, 2.05) is 12.1 Å². The summed E-state index contributed by atoms with van der Waals surface area (Å²) < 4.78 is 4.59. The van der Waals surface area contributed by atoms with Crippen LogP contribution in [0.3, 0.4) is 0 Å². The van der Waals surface area contributed by atoms with E-state index in [-0.39, 0.29) is 11.7 Å². The predicted molar refractivity (Wildman–Crippen MR) is 69.2 cm³/mol. The molecule has 0 saturated heterocycles. The van der Waals surface area contributed by atoms with Gasteiger partial charge in [-0.15, -0.1) is 0 Å². The zero-order valence-electron chi connectivity index (χ0n) is 10.6. The smallest absolute Gasteiger partial charge is 0.305 e. The number of phenols is 1. The van der Waals surface area contributed by atoms with Crippen LogP contribution in [0.15, 0.2) is 18.2 Å². The molecule has 4 N–H and O–H groups in total. The molecular formula is C13H20N2O3. The normalized spacial score (nSPS) is 10.3. The zero-order valence-corrected chi connectivity index (χ0v) is 10.6. The van der Waals surface area contributed by atoms with Gasteiger partial charge in [-0.3, -0.25) is 4.79 Å². The van der Waals surface area contributed by atoms with Crippen LogP contribution in [0.4, 0.5) is 0 Å². The van der Waals surface area contributed by atoms with E-state index in [2.05, 4.69) is 10.1 Å². The molecular weight excluding hydrogens is 232 g/mol. The molecule has 18 heavy (non-hydrogen) atoms. The molecule has 5 nitrogen and oxygen atoms in total. The average molecular weight is 252 g/mol. The highest BCUT2D eigenvalue weighted by molar-refractivity contribution is 5.69. The number of hydrogen-bond donors (Lipinski definition) is 3. The van der Waals surface area contributed by atoms with Gasteiger partial charge in [-0.1, -0.05) is 12.1 Å². The highest BCUT2D eigenvalue weighted by Crippen LogP contribution is 2.19. The van der Waals surface area contributed by atoms with Crippen LogP contribution in [0.1, 0.15) is 17.5 Å². The number of esters is 1. The summed E-state index contributed by atoms with van der Waals surface area (Å²) in [5.74, 6) is 0.0206. The van der Waals surface area contributed by atoms with Crippen LogP contribution in [0.25, 0.3) is 0 Å². The molecule has 0 aliphatic rings. The summed E-state index contributed by atoms with van der Waals surface area (Å²) in [6.07, 6.45) is 0.952. The van der Waals surface area contributed by atoms with Crippen LogP contribution in [-0.4, -0.2) is 31.3 Å². The van der Waals surface area contributed by atoms with Gasteiger partial charge in [0.1, 0.15) is 5.75 Å². The summed E-state index contributed by atoms with van der Waals surface area (Å²) in [6.45, 7) is 1.82. The maximum Gasteiger partial charge on any atom is 0.305 e. The summed E-state index contributed by atoms with van der Waals surface area (Å²) >= 11 is 0. The van der Waals surface area contributed by atoms with E-state index in [0.717, 1.165) is 11.1 Å². The van der Waals surface area contributed by atoms with Gasteiger partial charge in [-0.2, -0.15) is 0 Å². The number of nitrogens with two attached hydrogens (primary N) is 1. The Hall–Kier alpha value is -1.59. The minimum absolute atomic E-state index is 0.231. The van der Waals surface area contributed by atoms with Gasteiger partial charge < -0.3 is 20.9 Å². The van der Waals surface area contributed by atoms with Crippen LogP contribution >= 0.6 is 0 Å². The predicted octanol–water partition coefficient (Wildman–Crippen LogP) is 0.546. The molecule has 1 aromatic rings. The van der Waals surface area contributed by atoms with Crippen molar-refractivity contribution in [3.63, 3.8) is 0 Å². The fourth-order valence-electron chi connectivity index (χ4n) is 1.61. The maximum atomic E-state index is 11.1. The molecule has 0 aliphatic carbocycles. The van der Waals surface area contributed by atoms with Gasteiger partial charge in [0.25, 0.3) is 0 Å². The number of nitrogens with one attached hydrogen (secondary N) is 1. The second-order valence-corrected chi connectivity index (χ2v) is 4.00. The summed E-state index contributed by atoms with van der Waals surface area (Å²) in [6, 6.07) is 5.35. The number of aromatic hydroxyl groups is 1. The van der Waals surface area contributed by atoms with Gasteiger partial charge in [-0.25, -0.2) is 0 Å². The number of phenolic OH excluding ortho intramolecular Hbond substituents is 1. The number of aryl methyl sites for hydroxylation is 1. The van der Waals surface area contributed by atoms with Gasteiger partial charge in [0.15, 0.2) is 0 Å². The Morgan fingerprint density at radius 2 is 2.28 bits per heavy atom. The van der Waals surface area contributed by atoms with Crippen molar-refractivity contribution in [3.05, 3.63) is 29.3 Å². The second kappa shape index (κ2) is 7.68. The Balaban J connectivity index is 2.59. The molecule has 0 saturated carbocycles. The first-order valence-electron chi connectivity index (χ1n) is 5.95. The van der Waals surface area contributed by atoms with Crippen molar-refractivity contribution in [1.82, 2.24) is 5.32 Å². The molecule has 1 rings (SSSR count). The van der Waals surface area contributed by atoms with Crippen molar-refractivity contribution < 1.29 is 14.6 Å². The number of benzene rings is 1. The molecule has 0 bridgehead atoms. The first kappa shape index (κ1) is 14.5. The maximum absolute atomic E-state index is 11.1. The number of carbonyl (C=O) groups excluding carboxylic acids is 1. The van der Waals surface area contributed by atoms with Crippen molar-refractivity contribution in [2.75, 3.05) is 20.2 Å². The largest absolute Gasteiger partial charge is 0.508 e. The molecule has 100 valence electrons. The van der Waals surface area contributed by atoms with Gasteiger partial charge in [0, 0.05) is 31.6 Å². The summed E-state index contributed by atoms with van der Waals surface area (Å²) in [4.78, 5) is 11.1. The lowest BCUT2D eigenvalue weighted by molar-refractivity contribution is -0.140. The molecule has 5 heteroatoms. The first-order chi connectivity index (χ1) is 8.67. The summed E-state index contributed by atoms with van der Waals surface area (Å²) in [7, 11) is 1.38. The molecule has 1 aromatic carbocycles. The third kappa shape index (κ3) is 4.73. The lowest BCUT2D eigenvalue weighted by Crippen LogP contribution is -2.21. The van der Waals surface area contributed by atoms with E-state index in [9.17, 15) is 9.90 Å². The molecule has 0 unspecified atom stereocenters. The minimum atomic E-state index is -0.231. The molecule has 0 fully saturated rings. The molecule has 0 atom stereocenters. The van der Waals surface area contributed by atoms with Crippen molar-refractivity contribution in [2.24, 2.45) is 5.73 Å². The monoisotopic (exact) mass is 252 g/mol. The van der Waals surface area contributed by atoms with Crippen molar-refractivity contribution in [3.8, 4) is 5.75 Å². The highest BCUT2D eigenvalue weighted by Gasteiger charge is 2.05. The Kier molecular flexibility index (Phi) is 6.18. The summed E-state index contributed by atoms with van der Waals surface area (Å²) in [5.41, 5.74) is 7.19. The van der Waals surface area contributed by atoms with Crippen molar-refractivity contribution >= 4 is 5.97 Å². The van der Waals surface area contributed by atoms with E-state index < -0.39 is 0 Å². The molecule has 0 aliphatic heterocycles. The van der Waals surface area contributed by atoms with Gasteiger partial charge >= 0.3 is 5.97 Å². The number of rotatable bonds is 7. The van der Waals surface area contributed by atoms with Crippen LogP contribution in [0, 0.1) is 0 Å². The van der Waals surface area contributed by atoms with E-state index in [0.29, 0.717) is 32.5 Å². The van der Waals surface area contributed by atoms with E-state index in [4.69, 9.17) is 5.73 Å². The van der Waals surface area contributed by atoms with Crippen molar-refractivity contribution in [2.45, 2.75) is 19.4 Å². The number of carbonyl (C=O) groups is 1. The van der Waals surface area contributed by atoms with E-state index in [1.54, 1.807) is 6.07 Å². The molecule has 0 amide bonds. The quantitative estimate of drug-likeness (QED) is 0.487. The van der Waals surface area contributed by atoms with Crippen LogP contribution < -0.4 is 11.1 Å². The zero-order chi connectivity index (χ0) is 13.4. The molecule has 0 heterocycles. The third-order valence-corrected chi connectivity index (χ3v) is 2.63. The van der Waals surface area contributed by atoms with Crippen LogP contribution in [0.2, 0.25) is 0 Å². The fraction of sp³-hybridized carbons (Fsp3) is 0.462. The van der Waals surface area contributed by atoms with Crippen molar-refractivity contribution in [1.29, 1.82) is 0 Å². The summed E-state index contributed by atoms with van der Waals surface area (Å²) in [5, 5.41) is 12.8. The van der Waals surface area contributed by atoms with Gasteiger partial charge in [0.2, 0.25) is 0 Å². The Labute approximate surface area is 107 Å². The van der Waals surface area contributed by atoms with E-state index >= 15 is 0 Å². The second-order valence-electron chi connectivity index (χ2n) is 4.00. The third-order valence-electron chi connectivity index (χ3n) is 2.63. The average Bonchev–Trinajstić information content (AvgIpc) is 2.39. The lowest BCUT2D eigenvalue weighted by atomic mass is 10.1. The number of ether oxygens (including phenoxy) is 1. The standard InChI is InChI=1S/C13H20N2O3/c1-18-13(17)5-3-10-2-4-12(16)11(8-10)9-15-7-6-14/h2,4,8,15-16H,3,5-7,9,14H2,1H3. The SMILES string of the molecule is COC(=O)CCc1ccc(O)c(CNCCN)c1. The number of methoxy groups -OCH3 is 1. The molecule has 0 aromatic heterocycles. The highest BCUT2D eigenvalue weighted by atomic mass is 16.5. The Bertz CT molecular complexity index is 394. The first-order valence-corrected chi connectivity index (χ1v) is 5.95. The van der Waals surface area contributed by atoms with Crippen LogP contribution in [0.5, 0.6) is 5.75 Å². The fourth-order valence-corrected chi connectivity index (χ4v) is 1.61. The van der Waals surface area contributed by atoms with Gasteiger partial charge in [0.05, 0.1) is 7.11 Å². The Morgan fingerprint density at radius 3 is 2.94 bits per heavy atom. The van der Waals surface area contributed by atoms with Crippen LogP contribution in [-0.2, 0) is 22.5 Å². The molecule has 0 radical (unpaired) electrons. The van der Waals surface area contributed by atoms with E-state index in [1.165, 1.54) is 7.11 Å². The topological polar surface area (TPSA) is 84.6 Å². The lowest BCUT2D eigenvalue weighted by Gasteiger charge is -2.08. The minimum Gasteiger partial charge on any atom is -0.508 e. The molecule has 0 spiro atoms. The number of hydrogen-bond acceptors (Lipinski definition) is 5.